The Hall–Kier alpha value is -3.21. The van der Waals surface area contributed by atoms with E-state index in [1.165, 1.54) is 0 Å². The van der Waals surface area contributed by atoms with E-state index < -0.39 is 0 Å². The van der Waals surface area contributed by atoms with E-state index in [9.17, 15) is 0 Å². The van der Waals surface area contributed by atoms with E-state index in [0.29, 0.717) is 5.02 Å². The normalized spacial score (nSPS) is 11.3. The molecular weight excluding hydrogens is 398 g/mol. The van der Waals surface area contributed by atoms with Crippen LogP contribution in [0.2, 0.25) is 5.02 Å². The number of hydrazone groups is 1. The van der Waals surface area contributed by atoms with E-state index in [-0.39, 0.29) is 0 Å². The summed E-state index contributed by atoms with van der Waals surface area (Å²) >= 11 is 7.62. The number of hydrogen-bond donors (Lipinski definition) is 1. The van der Waals surface area contributed by atoms with Gasteiger partial charge < -0.3 is 0 Å². The lowest BCUT2D eigenvalue weighted by Crippen LogP contribution is -1.87. The van der Waals surface area contributed by atoms with Crippen molar-refractivity contribution in [1.29, 1.82) is 0 Å². The van der Waals surface area contributed by atoms with Crippen molar-refractivity contribution < 1.29 is 0 Å². The van der Waals surface area contributed by atoms with Gasteiger partial charge in [0, 0.05) is 16.8 Å². The molecule has 0 radical (unpaired) electrons. The molecule has 1 aromatic heterocycles. The first-order chi connectivity index (χ1) is 14.3. The third kappa shape index (κ3) is 4.99. The largest absolute Gasteiger partial charge is 0.253 e. The van der Waals surface area contributed by atoms with Crippen LogP contribution in [-0.4, -0.2) is 11.2 Å². The SMILES string of the molecule is Clc1ccc(-c2nc(N/N=C/C=C/c3ccccc3)sc2-c2ccccc2)cc1. The summed E-state index contributed by atoms with van der Waals surface area (Å²) in [5, 5.41) is 5.72. The van der Waals surface area contributed by atoms with Crippen molar-refractivity contribution in [3.63, 3.8) is 0 Å². The average molecular weight is 416 g/mol. The minimum absolute atomic E-state index is 0.707. The fourth-order valence-corrected chi connectivity index (χ4v) is 3.88. The molecule has 0 amide bonds. The topological polar surface area (TPSA) is 37.3 Å². The lowest BCUT2D eigenvalue weighted by molar-refractivity contribution is 1.29. The summed E-state index contributed by atoms with van der Waals surface area (Å²) in [4.78, 5) is 5.86. The molecule has 0 bridgehead atoms. The average Bonchev–Trinajstić information content (AvgIpc) is 3.20. The monoisotopic (exact) mass is 415 g/mol. The zero-order chi connectivity index (χ0) is 19.9. The van der Waals surface area contributed by atoms with Gasteiger partial charge in [0.1, 0.15) is 0 Å². The number of anilines is 1. The molecule has 4 aromatic rings. The van der Waals surface area contributed by atoms with E-state index in [4.69, 9.17) is 16.6 Å². The highest BCUT2D eigenvalue weighted by atomic mass is 35.5. The van der Waals surface area contributed by atoms with Crippen molar-refractivity contribution in [2.24, 2.45) is 5.10 Å². The molecule has 0 saturated heterocycles. The first kappa shape index (κ1) is 19.1. The second-order valence-corrected chi connectivity index (χ2v) is 7.66. The summed E-state index contributed by atoms with van der Waals surface area (Å²) < 4.78 is 0. The highest BCUT2D eigenvalue weighted by Crippen LogP contribution is 2.39. The molecule has 5 heteroatoms. The molecule has 0 aliphatic carbocycles. The Balaban J connectivity index is 1.57. The first-order valence-corrected chi connectivity index (χ1v) is 10.3. The Kier molecular flexibility index (Phi) is 6.15. The predicted molar refractivity (Wildman–Crippen MR) is 126 cm³/mol. The van der Waals surface area contributed by atoms with Gasteiger partial charge >= 0.3 is 0 Å². The predicted octanol–water partition coefficient (Wildman–Crippen LogP) is 7.24. The first-order valence-electron chi connectivity index (χ1n) is 9.12. The summed E-state index contributed by atoms with van der Waals surface area (Å²) in [6, 6.07) is 28.1. The van der Waals surface area contributed by atoms with Crippen molar-refractivity contribution in [3.05, 3.63) is 102 Å². The van der Waals surface area contributed by atoms with Gasteiger partial charge in [-0.05, 0) is 29.3 Å². The molecule has 0 saturated carbocycles. The smallest absolute Gasteiger partial charge is 0.204 e. The van der Waals surface area contributed by atoms with Gasteiger partial charge in [0.05, 0.1) is 10.6 Å². The molecule has 1 heterocycles. The Morgan fingerprint density at radius 3 is 2.24 bits per heavy atom. The number of hydrogen-bond acceptors (Lipinski definition) is 4. The number of nitrogens with zero attached hydrogens (tertiary/aromatic N) is 2. The maximum Gasteiger partial charge on any atom is 0.204 e. The summed E-state index contributed by atoms with van der Waals surface area (Å²) in [6.07, 6.45) is 5.62. The van der Waals surface area contributed by atoms with Gasteiger partial charge in [0.2, 0.25) is 5.13 Å². The lowest BCUT2D eigenvalue weighted by Gasteiger charge is -2.02. The molecule has 1 N–H and O–H groups in total. The Morgan fingerprint density at radius 1 is 0.828 bits per heavy atom. The third-order valence-electron chi connectivity index (χ3n) is 4.19. The minimum atomic E-state index is 0.707. The number of nitrogens with one attached hydrogen (secondary N) is 1. The second kappa shape index (κ2) is 9.32. The van der Waals surface area contributed by atoms with E-state index in [1.807, 2.05) is 84.9 Å². The van der Waals surface area contributed by atoms with Crippen molar-refractivity contribution in [2.75, 3.05) is 5.43 Å². The summed E-state index contributed by atoms with van der Waals surface area (Å²) in [5.41, 5.74) is 7.22. The van der Waals surface area contributed by atoms with Crippen LogP contribution >= 0.6 is 22.9 Å². The fourth-order valence-electron chi connectivity index (χ4n) is 2.81. The van der Waals surface area contributed by atoms with Crippen LogP contribution in [0, 0.1) is 0 Å². The molecule has 0 aliphatic heterocycles. The van der Waals surface area contributed by atoms with Gasteiger partial charge in [-0.15, -0.1) is 0 Å². The summed E-state index contributed by atoms with van der Waals surface area (Å²) in [6.45, 7) is 0. The standard InChI is InChI=1S/C24H18ClN3S/c25-21-15-13-19(14-16-21)22-23(20-11-5-2-6-12-20)29-24(27-22)28-26-17-7-10-18-8-3-1-4-9-18/h1-17H,(H,27,28)/b10-7+,26-17+. The van der Waals surface area contributed by atoms with E-state index in [1.54, 1.807) is 17.6 Å². The molecule has 0 unspecified atom stereocenters. The third-order valence-corrected chi connectivity index (χ3v) is 5.45. The van der Waals surface area contributed by atoms with Crippen molar-refractivity contribution in [2.45, 2.75) is 0 Å². The fraction of sp³-hybridized carbons (Fsp3) is 0. The van der Waals surface area contributed by atoms with Gasteiger partial charge in [0.15, 0.2) is 0 Å². The van der Waals surface area contributed by atoms with Gasteiger partial charge in [-0.1, -0.05) is 102 Å². The van der Waals surface area contributed by atoms with Gasteiger partial charge in [-0.25, -0.2) is 4.98 Å². The van der Waals surface area contributed by atoms with Crippen LogP contribution in [-0.2, 0) is 0 Å². The van der Waals surface area contributed by atoms with E-state index in [2.05, 4.69) is 22.7 Å². The van der Waals surface area contributed by atoms with Crippen LogP contribution in [0.3, 0.4) is 0 Å². The van der Waals surface area contributed by atoms with Crippen molar-refractivity contribution >= 4 is 40.4 Å². The zero-order valence-corrected chi connectivity index (χ0v) is 17.1. The number of benzene rings is 3. The maximum atomic E-state index is 6.05. The number of aromatic nitrogens is 1. The highest BCUT2D eigenvalue weighted by Gasteiger charge is 2.14. The minimum Gasteiger partial charge on any atom is -0.253 e. The van der Waals surface area contributed by atoms with Crippen LogP contribution in [0.1, 0.15) is 5.56 Å². The van der Waals surface area contributed by atoms with E-state index in [0.717, 1.165) is 32.4 Å². The Labute approximate surface area is 179 Å². The molecule has 3 nitrogen and oxygen atoms in total. The van der Waals surface area contributed by atoms with Crippen LogP contribution in [0.4, 0.5) is 5.13 Å². The molecule has 29 heavy (non-hydrogen) atoms. The molecule has 4 rings (SSSR count). The van der Waals surface area contributed by atoms with E-state index >= 15 is 0 Å². The van der Waals surface area contributed by atoms with Crippen LogP contribution in [0.25, 0.3) is 27.8 Å². The van der Waals surface area contributed by atoms with Crippen LogP contribution in [0.15, 0.2) is 96.1 Å². The van der Waals surface area contributed by atoms with Crippen LogP contribution < -0.4 is 5.43 Å². The second-order valence-electron chi connectivity index (χ2n) is 6.23. The van der Waals surface area contributed by atoms with Gasteiger partial charge in [0.25, 0.3) is 0 Å². The van der Waals surface area contributed by atoms with Gasteiger partial charge in [-0.2, -0.15) is 5.10 Å². The molecule has 0 spiro atoms. The zero-order valence-electron chi connectivity index (χ0n) is 15.5. The molecule has 3 aromatic carbocycles. The van der Waals surface area contributed by atoms with Crippen molar-refractivity contribution in [1.82, 2.24) is 4.98 Å². The summed E-state index contributed by atoms with van der Waals surface area (Å²) in [5.74, 6) is 0. The van der Waals surface area contributed by atoms with Crippen LogP contribution in [0.5, 0.6) is 0 Å². The highest BCUT2D eigenvalue weighted by molar-refractivity contribution is 7.19. The molecule has 0 fully saturated rings. The molecular formula is C24H18ClN3S. The number of allylic oxidation sites excluding steroid dienone is 1. The van der Waals surface area contributed by atoms with Crippen molar-refractivity contribution in [3.8, 4) is 21.7 Å². The number of rotatable bonds is 6. The Morgan fingerprint density at radius 2 is 1.52 bits per heavy atom. The molecule has 0 atom stereocenters. The summed E-state index contributed by atoms with van der Waals surface area (Å²) in [7, 11) is 0. The number of halogens is 1. The maximum absolute atomic E-state index is 6.05. The molecule has 142 valence electrons. The number of thiazole rings is 1. The quantitative estimate of drug-likeness (QED) is 0.266. The molecule has 0 aliphatic rings. The Bertz CT molecular complexity index is 1120. The van der Waals surface area contributed by atoms with Gasteiger partial charge in [-0.3, -0.25) is 5.43 Å². The lowest BCUT2D eigenvalue weighted by atomic mass is 10.1.